The van der Waals surface area contributed by atoms with Crippen LogP contribution < -0.4 is 10.6 Å². The van der Waals surface area contributed by atoms with Gasteiger partial charge in [0, 0.05) is 5.54 Å². The Hall–Kier alpha value is -1.10. The summed E-state index contributed by atoms with van der Waals surface area (Å²) in [7, 11) is 0. The standard InChI is InChI=1S/C15H28N2O3/c1-10(13(18)17-15(2,3)4)16-9-11-7-5-6-8-12(11)14(19)20/h10-12,16H,5-9H2,1-4H3,(H,17,18)(H,19,20). The summed E-state index contributed by atoms with van der Waals surface area (Å²) in [5.74, 6) is -0.885. The third-order valence-electron chi connectivity index (χ3n) is 3.80. The molecule has 3 N–H and O–H groups in total. The zero-order chi connectivity index (χ0) is 15.3. The number of rotatable bonds is 5. The van der Waals surface area contributed by atoms with Crippen LogP contribution >= 0.6 is 0 Å². The monoisotopic (exact) mass is 284 g/mol. The van der Waals surface area contributed by atoms with Crippen LogP contribution in [0.15, 0.2) is 0 Å². The Kier molecular flexibility index (Phi) is 5.99. The minimum absolute atomic E-state index is 0.0415. The molecule has 0 aliphatic heterocycles. The first-order valence-corrected chi connectivity index (χ1v) is 7.49. The van der Waals surface area contributed by atoms with Crippen LogP contribution in [-0.2, 0) is 9.59 Å². The minimum Gasteiger partial charge on any atom is -0.481 e. The summed E-state index contributed by atoms with van der Waals surface area (Å²) >= 11 is 0. The Balaban J connectivity index is 2.44. The summed E-state index contributed by atoms with van der Waals surface area (Å²) in [6.45, 7) is 8.24. The van der Waals surface area contributed by atoms with Crippen LogP contribution in [0.1, 0.15) is 53.4 Å². The van der Waals surface area contributed by atoms with E-state index in [9.17, 15) is 14.7 Å². The summed E-state index contributed by atoms with van der Waals surface area (Å²) in [5.41, 5.74) is -0.249. The summed E-state index contributed by atoms with van der Waals surface area (Å²) in [6, 6.07) is -0.300. The predicted molar refractivity (Wildman–Crippen MR) is 78.4 cm³/mol. The normalized spacial score (nSPS) is 25.0. The van der Waals surface area contributed by atoms with Crippen molar-refractivity contribution < 1.29 is 14.7 Å². The molecule has 1 aliphatic carbocycles. The molecule has 0 aromatic carbocycles. The van der Waals surface area contributed by atoms with Crippen molar-refractivity contribution >= 4 is 11.9 Å². The van der Waals surface area contributed by atoms with Gasteiger partial charge < -0.3 is 15.7 Å². The number of carbonyl (C=O) groups excluding carboxylic acids is 1. The maximum Gasteiger partial charge on any atom is 0.306 e. The van der Waals surface area contributed by atoms with E-state index in [4.69, 9.17) is 0 Å². The lowest BCUT2D eigenvalue weighted by molar-refractivity contribution is -0.144. The van der Waals surface area contributed by atoms with Crippen molar-refractivity contribution in [3.63, 3.8) is 0 Å². The molecule has 3 atom stereocenters. The van der Waals surface area contributed by atoms with Gasteiger partial charge in [-0.1, -0.05) is 12.8 Å². The molecule has 0 saturated heterocycles. The number of nitrogens with one attached hydrogen (secondary N) is 2. The van der Waals surface area contributed by atoms with E-state index in [0.29, 0.717) is 6.54 Å². The van der Waals surface area contributed by atoms with Gasteiger partial charge in [0.15, 0.2) is 0 Å². The van der Waals surface area contributed by atoms with E-state index in [2.05, 4.69) is 10.6 Å². The molecule has 1 saturated carbocycles. The third kappa shape index (κ3) is 5.49. The summed E-state index contributed by atoms with van der Waals surface area (Å²) in [4.78, 5) is 23.2. The molecule has 0 radical (unpaired) electrons. The van der Waals surface area contributed by atoms with E-state index in [1.54, 1.807) is 0 Å². The van der Waals surface area contributed by atoms with Crippen molar-refractivity contribution in [2.45, 2.75) is 65.0 Å². The molecule has 0 heterocycles. The maximum absolute atomic E-state index is 12.0. The lowest BCUT2D eigenvalue weighted by Crippen LogP contribution is -2.50. The largest absolute Gasteiger partial charge is 0.481 e. The van der Waals surface area contributed by atoms with Crippen molar-refractivity contribution in [2.24, 2.45) is 11.8 Å². The van der Waals surface area contributed by atoms with Gasteiger partial charge in [-0.2, -0.15) is 0 Å². The van der Waals surface area contributed by atoms with Gasteiger partial charge in [-0.3, -0.25) is 9.59 Å². The first-order chi connectivity index (χ1) is 9.20. The smallest absolute Gasteiger partial charge is 0.306 e. The van der Waals surface area contributed by atoms with E-state index < -0.39 is 5.97 Å². The second-order valence-electron chi connectivity index (χ2n) is 6.86. The zero-order valence-corrected chi connectivity index (χ0v) is 13.0. The van der Waals surface area contributed by atoms with Gasteiger partial charge in [-0.15, -0.1) is 0 Å². The molecular formula is C15H28N2O3. The molecule has 1 amide bonds. The van der Waals surface area contributed by atoms with E-state index in [0.717, 1.165) is 25.7 Å². The molecule has 1 fully saturated rings. The van der Waals surface area contributed by atoms with Gasteiger partial charge in [0.1, 0.15) is 0 Å². The van der Waals surface area contributed by atoms with E-state index in [-0.39, 0.29) is 29.3 Å². The number of amides is 1. The number of carboxylic acid groups (broad SMARTS) is 1. The average Bonchev–Trinajstić information content (AvgIpc) is 2.34. The number of hydrogen-bond donors (Lipinski definition) is 3. The fourth-order valence-corrected chi connectivity index (χ4v) is 2.68. The first kappa shape index (κ1) is 17.0. The number of carbonyl (C=O) groups is 2. The molecule has 0 bridgehead atoms. The number of hydrogen-bond acceptors (Lipinski definition) is 3. The molecule has 1 rings (SSSR count). The fraction of sp³-hybridized carbons (Fsp3) is 0.867. The van der Waals surface area contributed by atoms with Gasteiger partial charge in [0.25, 0.3) is 0 Å². The average molecular weight is 284 g/mol. The highest BCUT2D eigenvalue weighted by molar-refractivity contribution is 5.81. The van der Waals surface area contributed by atoms with E-state index in [1.165, 1.54) is 0 Å². The fourth-order valence-electron chi connectivity index (χ4n) is 2.68. The Morgan fingerprint density at radius 1 is 1.25 bits per heavy atom. The van der Waals surface area contributed by atoms with Crippen molar-refractivity contribution in [3.05, 3.63) is 0 Å². The third-order valence-corrected chi connectivity index (χ3v) is 3.80. The predicted octanol–water partition coefficient (Wildman–Crippen LogP) is 1.77. The molecule has 116 valence electrons. The van der Waals surface area contributed by atoms with Crippen molar-refractivity contribution in [1.29, 1.82) is 0 Å². The molecule has 0 spiro atoms. The van der Waals surface area contributed by atoms with Gasteiger partial charge in [0.2, 0.25) is 5.91 Å². The van der Waals surface area contributed by atoms with Gasteiger partial charge >= 0.3 is 5.97 Å². The highest BCUT2D eigenvalue weighted by Gasteiger charge is 2.31. The number of carboxylic acids is 1. The van der Waals surface area contributed by atoms with Crippen LogP contribution in [0.3, 0.4) is 0 Å². The minimum atomic E-state index is -0.705. The molecule has 1 aliphatic rings. The van der Waals surface area contributed by atoms with E-state index >= 15 is 0 Å². The summed E-state index contributed by atoms with van der Waals surface area (Å²) < 4.78 is 0. The molecule has 5 heteroatoms. The summed E-state index contributed by atoms with van der Waals surface area (Å²) in [5, 5.41) is 15.3. The highest BCUT2D eigenvalue weighted by Crippen LogP contribution is 2.29. The van der Waals surface area contributed by atoms with Crippen molar-refractivity contribution in [3.8, 4) is 0 Å². The van der Waals surface area contributed by atoms with Crippen LogP contribution in [0.5, 0.6) is 0 Å². The summed E-state index contributed by atoms with van der Waals surface area (Å²) in [6.07, 6.45) is 3.76. The Morgan fingerprint density at radius 3 is 2.40 bits per heavy atom. The molecule has 5 nitrogen and oxygen atoms in total. The lowest BCUT2D eigenvalue weighted by atomic mass is 9.79. The molecule has 0 aromatic heterocycles. The Labute approximate surface area is 121 Å². The van der Waals surface area contributed by atoms with Crippen molar-refractivity contribution in [1.82, 2.24) is 10.6 Å². The van der Waals surface area contributed by atoms with E-state index in [1.807, 2.05) is 27.7 Å². The van der Waals surface area contributed by atoms with Gasteiger partial charge in [-0.05, 0) is 53.0 Å². The van der Waals surface area contributed by atoms with Crippen molar-refractivity contribution in [2.75, 3.05) is 6.54 Å². The van der Waals surface area contributed by atoms with Crippen LogP contribution in [0, 0.1) is 11.8 Å². The quantitative estimate of drug-likeness (QED) is 0.719. The second kappa shape index (κ2) is 7.07. The van der Waals surface area contributed by atoms with Crippen LogP contribution in [0.25, 0.3) is 0 Å². The van der Waals surface area contributed by atoms with Crippen LogP contribution in [0.2, 0.25) is 0 Å². The second-order valence-corrected chi connectivity index (χ2v) is 6.86. The molecular weight excluding hydrogens is 256 g/mol. The zero-order valence-electron chi connectivity index (χ0n) is 13.0. The number of aliphatic carboxylic acids is 1. The van der Waals surface area contributed by atoms with Gasteiger partial charge in [0.05, 0.1) is 12.0 Å². The Bertz CT molecular complexity index is 350. The molecule has 0 aromatic rings. The lowest BCUT2D eigenvalue weighted by Gasteiger charge is -2.30. The SMILES string of the molecule is CC(NCC1CCCCC1C(=O)O)C(=O)NC(C)(C)C. The first-order valence-electron chi connectivity index (χ1n) is 7.49. The van der Waals surface area contributed by atoms with Crippen LogP contribution in [0.4, 0.5) is 0 Å². The van der Waals surface area contributed by atoms with Crippen LogP contribution in [-0.4, -0.2) is 35.1 Å². The van der Waals surface area contributed by atoms with Gasteiger partial charge in [-0.25, -0.2) is 0 Å². The topological polar surface area (TPSA) is 78.4 Å². The maximum atomic E-state index is 12.0. The molecule has 20 heavy (non-hydrogen) atoms. The highest BCUT2D eigenvalue weighted by atomic mass is 16.4. The Morgan fingerprint density at radius 2 is 1.85 bits per heavy atom. The molecule has 3 unspecified atom stereocenters.